The van der Waals surface area contributed by atoms with Crippen molar-refractivity contribution in [3.05, 3.63) is 12.7 Å². The molecular weight excluding hydrogens is 291 g/mol. The maximum atomic E-state index is 12.0. The van der Waals surface area contributed by atoms with Gasteiger partial charge in [0.2, 0.25) is 0 Å². The first-order valence-corrected chi connectivity index (χ1v) is 9.14. The Balaban J connectivity index is 3.64. The van der Waals surface area contributed by atoms with Gasteiger partial charge < -0.3 is 0 Å². The zero-order valence-electron chi connectivity index (χ0n) is 13.3. The van der Waals surface area contributed by atoms with Crippen molar-refractivity contribution < 1.29 is 22.9 Å². The Morgan fingerprint density at radius 1 is 1.05 bits per heavy atom. The van der Waals surface area contributed by atoms with Gasteiger partial charge in [0.25, 0.3) is 0 Å². The maximum Gasteiger partial charge on any atom is 0.474 e. The molecule has 0 rings (SSSR count). The first-order chi connectivity index (χ1) is 10.1. The molecule has 0 aromatic carbocycles. The average molecular weight is 320 g/mol. The van der Waals surface area contributed by atoms with Gasteiger partial charge in [-0.15, -0.1) is 0 Å². The van der Waals surface area contributed by atoms with Gasteiger partial charge in [-0.3, -0.25) is 18.4 Å². The average Bonchev–Trinajstić information content (AvgIpc) is 2.51. The van der Waals surface area contributed by atoms with Crippen LogP contribution in [0.15, 0.2) is 12.7 Å². The second-order valence-electron chi connectivity index (χ2n) is 4.88. The Morgan fingerprint density at radius 2 is 1.62 bits per heavy atom. The Kier molecular flexibility index (Phi) is 12.9. The van der Waals surface area contributed by atoms with Crippen molar-refractivity contribution in [2.45, 2.75) is 58.3 Å². The van der Waals surface area contributed by atoms with Gasteiger partial charge in [0, 0.05) is 7.11 Å². The summed E-state index contributed by atoms with van der Waals surface area (Å²) in [5.74, 6) is -0.358. The minimum absolute atomic E-state index is 0.308. The smallest absolute Gasteiger partial charge is 0.292 e. The third-order valence-electron chi connectivity index (χ3n) is 3.06. The molecule has 0 fully saturated rings. The topological polar surface area (TPSA) is 61.8 Å². The van der Waals surface area contributed by atoms with E-state index in [9.17, 15) is 9.36 Å². The summed E-state index contributed by atoms with van der Waals surface area (Å²) in [6, 6.07) is 0. The normalized spacial score (nSPS) is 13.8. The summed E-state index contributed by atoms with van der Waals surface area (Å²) in [4.78, 5) is 11.0. The van der Waals surface area contributed by atoms with E-state index in [1.165, 1.54) is 39.2 Å². The van der Waals surface area contributed by atoms with E-state index < -0.39 is 7.82 Å². The second-order valence-corrected chi connectivity index (χ2v) is 6.66. The minimum atomic E-state index is -3.61. The number of unbranched alkanes of at least 4 members (excludes halogenated alkanes) is 7. The Hall–Kier alpha value is -0.480. The highest BCUT2D eigenvalue weighted by Gasteiger charge is 2.25. The summed E-state index contributed by atoms with van der Waals surface area (Å²) >= 11 is 0. The van der Waals surface area contributed by atoms with Gasteiger partial charge in [-0.25, -0.2) is 4.57 Å². The molecule has 0 N–H and O–H groups in total. The van der Waals surface area contributed by atoms with Crippen LogP contribution in [0, 0.1) is 0 Å². The van der Waals surface area contributed by atoms with Crippen LogP contribution < -0.4 is 0 Å². The van der Waals surface area contributed by atoms with Crippen LogP contribution in [0.4, 0.5) is 0 Å². The number of carbonyl (C=O) groups is 1. The molecule has 0 heterocycles. The van der Waals surface area contributed by atoms with E-state index in [4.69, 9.17) is 13.6 Å². The molecule has 21 heavy (non-hydrogen) atoms. The third-order valence-corrected chi connectivity index (χ3v) is 4.45. The Morgan fingerprint density at radius 3 is 2.14 bits per heavy atom. The second kappa shape index (κ2) is 13.2. The van der Waals surface area contributed by atoms with Crippen LogP contribution in [0.25, 0.3) is 0 Å². The Bertz CT molecular complexity index is 330. The summed E-state index contributed by atoms with van der Waals surface area (Å²) in [7, 11) is -2.36. The fraction of sp³-hybridized carbons (Fsp3) is 0.800. The molecule has 0 bridgehead atoms. The highest BCUT2D eigenvalue weighted by atomic mass is 31.2. The standard InChI is InChI=1S/C15H29O5P/c1-4-6-7-8-9-10-11-12-13-19-21(17,18-3)20-14-15(16)5-2/h5H,2,4,6-14H2,1,3H3. The molecule has 0 saturated carbocycles. The van der Waals surface area contributed by atoms with E-state index in [0.717, 1.165) is 25.3 Å². The van der Waals surface area contributed by atoms with E-state index in [-0.39, 0.29) is 12.4 Å². The quantitative estimate of drug-likeness (QED) is 0.249. The lowest BCUT2D eigenvalue weighted by atomic mass is 10.1. The molecule has 1 unspecified atom stereocenters. The molecule has 0 aliphatic rings. The van der Waals surface area contributed by atoms with Gasteiger partial charge in [0.1, 0.15) is 6.61 Å². The molecule has 0 aliphatic heterocycles. The number of hydrogen-bond donors (Lipinski definition) is 0. The van der Waals surface area contributed by atoms with E-state index in [2.05, 4.69) is 13.5 Å². The van der Waals surface area contributed by atoms with Crippen molar-refractivity contribution in [3.8, 4) is 0 Å². The van der Waals surface area contributed by atoms with Crippen molar-refractivity contribution in [2.75, 3.05) is 20.3 Å². The van der Waals surface area contributed by atoms with Gasteiger partial charge in [-0.05, 0) is 12.5 Å². The van der Waals surface area contributed by atoms with Crippen LogP contribution in [0.5, 0.6) is 0 Å². The molecule has 0 radical (unpaired) electrons. The monoisotopic (exact) mass is 320 g/mol. The van der Waals surface area contributed by atoms with Crippen LogP contribution in [-0.4, -0.2) is 26.1 Å². The molecule has 0 aliphatic carbocycles. The Labute approximate surface area is 128 Å². The zero-order valence-corrected chi connectivity index (χ0v) is 14.2. The van der Waals surface area contributed by atoms with Crippen LogP contribution >= 0.6 is 7.82 Å². The van der Waals surface area contributed by atoms with Crippen LogP contribution in [-0.2, 0) is 22.9 Å². The van der Waals surface area contributed by atoms with Crippen molar-refractivity contribution in [1.29, 1.82) is 0 Å². The number of hydrogen-bond acceptors (Lipinski definition) is 5. The lowest BCUT2D eigenvalue weighted by Gasteiger charge is -2.14. The molecule has 0 amide bonds. The molecular formula is C15H29O5P. The number of phosphoric acid groups is 1. The van der Waals surface area contributed by atoms with Crippen molar-refractivity contribution in [2.24, 2.45) is 0 Å². The predicted octanol–water partition coefficient (Wildman–Crippen LogP) is 4.67. The molecule has 1 atom stereocenters. The van der Waals surface area contributed by atoms with Crippen molar-refractivity contribution >= 4 is 13.6 Å². The minimum Gasteiger partial charge on any atom is -0.292 e. The first-order valence-electron chi connectivity index (χ1n) is 7.68. The van der Waals surface area contributed by atoms with Crippen LogP contribution in [0.3, 0.4) is 0 Å². The summed E-state index contributed by atoms with van der Waals surface area (Å²) in [6.45, 7) is 5.48. The number of phosphoric ester groups is 1. The SMILES string of the molecule is C=CC(=O)COP(=O)(OC)OCCCCCCCCCC. The number of ketones is 1. The molecule has 0 saturated heterocycles. The summed E-state index contributed by atoms with van der Waals surface area (Å²) in [5, 5.41) is 0. The maximum absolute atomic E-state index is 12.0. The van der Waals surface area contributed by atoms with E-state index in [1.54, 1.807) is 0 Å². The fourth-order valence-electron chi connectivity index (χ4n) is 1.76. The molecule has 5 nitrogen and oxygen atoms in total. The summed E-state index contributed by atoms with van der Waals surface area (Å²) in [5.41, 5.74) is 0. The van der Waals surface area contributed by atoms with Crippen LogP contribution in [0.1, 0.15) is 58.3 Å². The fourth-order valence-corrected chi connectivity index (χ4v) is 2.68. The van der Waals surface area contributed by atoms with Crippen molar-refractivity contribution in [1.82, 2.24) is 0 Å². The van der Waals surface area contributed by atoms with Gasteiger partial charge in [-0.1, -0.05) is 58.4 Å². The highest BCUT2D eigenvalue weighted by molar-refractivity contribution is 7.48. The lowest BCUT2D eigenvalue weighted by Crippen LogP contribution is -2.07. The van der Waals surface area contributed by atoms with Gasteiger partial charge in [0.05, 0.1) is 6.61 Å². The van der Waals surface area contributed by atoms with Gasteiger partial charge in [-0.2, -0.15) is 0 Å². The largest absolute Gasteiger partial charge is 0.474 e. The van der Waals surface area contributed by atoms with Crippen LogP contribution in [0.2, 0.25) is 0 Å². The molecule has 6 heteroatoms. The summed E-state index contributed by atoms with van der Waals surface area (Å²) in [6.07, 6.45) is 10.5. The number of carbonyl (C=O) groups excluding carboxylic acids is 1. The number of rotatable bonds is 15. The molecule has 0 aromatic heterocycles. The zero-order chi connectivity index (χ0) is 16.0. The van der Waals surface area contributed by atoms with Crippen molar-refractivity contribution in [3.63, 3.8) is 0 Å². The van der Waals surface area contributed by atoms with Gasteiger partial charge in [0.15, 0.2) is 5.78 Å². The first kappa shape index (κ1) is 20.5. The molecule has 124 valence electrons. The van der Waals surface area contributed by atoms with E-state index in [1.807, 2.05) is 0 Å². The lowest BCUT2D eigenvalue weighted by molar-refractivity contribution is -0.117. The third kappa shape index (κ3) is 11.8. The van der Waals surface area contributed by atoms with Gasteiger partial charge >= 0.3 is 7.82 Å². The molecule has 0 spiro atoms. The summed E-state index contributed by atoms with van der Waals surface area (Å²) < 4.78 is 26.7. The molecule has 0 aromatic rings. The van der Waals surface area contributed by atoms with E-state index in [0.29, 0.717) is 6.61 Å². The highest BCUT2D eigenvalue weighted by Crippen LogP contribution is 2.48. The predicted molar refractivity (Wildman–Crippen MR) is 84.3 cm³/mol. The van der Waals surface area contributed by atoms with E-state index >= 15 is 0 Å².